The van der Waals surface area contributed by atoms with Crippen molar-refractivity contribution < 1.29 is 23.7 Å². The Morgan fingerprint density at radius 3 is 2.26 bits per heavy atom. The van der Waals surface area contributed by atoms with Gasteiger partial charge in [0.1, 0.15) is 11.9 Å². The summed E-state index contributed by atoms with van der Waals surface area (Å²) in [5.41, 5.74) is 2.23. The van der Waals surface area contributed by atoms with E-state index < -0.39 is 0 Å². The lowest BCUT2D eigenvalue weighted by Gasteiger charge is -2.39. The molecule has 0 N–H and O–H groups in total. The number of hydrogen-bond donors (Lipinski definition) is 0. The predicted octanol–water partition coefficient (Wildman–Crippen LogP) is 3.56. The van der Waals surface area contributed by atoms with Crippen LogP contribution < -0.4 is 4.74 Å². The lowest BCUT2D eigenvalue weighted by Crippen LogP contribution is -2.51. The van der Waals surface area contributed by atoms with Gasteiger partial charge >= 0.3 is 0 Å². The van der Waals surface area contributed by atoms with Crippen molar-refractivity contribution in [3.05, 3.63) is 65.7 Å². The van der Waals surface area contributed by atoms with Crippen LogP contribution in [0.3, 0.4) is 0 Å². The Morgan fingerprint density at radius 2 is 1.56 bits per heavy atom. The minimum atomic E-state index is -0.370. The Kier molecular flexibility index (Phi) is 5.74. The summed E-state index contributed by atoms with van der Waals surface area (Å²) in [6, 6.07) is 18.1. The van der Waals surface area contributed by atoms with E-state index in [1.165, 1.54) is 0 Å². The number of ether oxygens (including phenoxy) is 5. The number of hydrogen-bond acceptors (Lipinski definition) is 5. The monoisotopic (exact) mass is 370 g/mol. The van der Waals surface area contributed by atoms with Gasteiger partial charge in [-0.25, -0.2) is 0 Å². The van der Waals surface area contributed by atoms with Crippen molar-refractivity contribution in [3.8, 4) is 5.75 Å². The molecular weight excluding hydrogens is 344 g/mol. The van der Waals surface area contributed by atoms with Crippen LogP contribution in [-0.4, -0.2) is 38.3 Å². The van der Waals surface area contributed by atoms with Crippen LogP contribution in [0.25, 0.3) is 0 Å². The van der Waals surface area contributed by atoms with Crippen molar-refractivity contribution in [3.63, 3.8) is 0 Å². The molecule has 2 aromatic carbocycles. The number of rotatable bonds is 7. The van der Waals surface area contributed by atoms with Crippen molar-refractivity contribution in [2.24, 2.45) is 5.92 Å². The summed E-state index contributed by atoms with van der Waals surface area (Å²) in [6.45, 7) is 3.77. The van der Waals surface area contributed by atoms with Gasteiger partial charge in [0.15, 0.2) is 6.29 Å². The first kappa shape index (κ1) is 18.4. The second kappa shape index (κ2) is 8.40. The summed E-state index contributed by atoms with van der Waals surface area (Å²) < 4.78 is 29.5. The van der Waals surface area contributed by atoms with Gasteiger partial charge in [0.05, 0.1) is 39.1 Å². The molecule has 0 spiro atoms. The van der Waals surface area contributed by atoms with E-state index in [4.69, 9.17) is 23.7 Å². The van der Waals surface area contributed by atoms with Gasteiger partial charge in [0, 0.05) is 5.92 Å². The van der Waals surface area contributed by atoms with Crippen LogP contribution in [0.4, 0.5) is 0 Å². The quantitative estimate of drug-likeness (QED) is 0.746. The largest absolute Gasteiger partial charge is 0.497 e. The maximum atomic E-state index is 6.29. The first-order chi connectivity index (χ1) is 13.2. The predicted molar refractivity (Wildman–Crippen MR) is 100 cm³/mol. The SMILES string of the molecule is COc1ccc(COC2[C@@H]3OCC(O3)[C@@H](C)[C@H]2OCc2ccccc2)cc1. The van der Waals surface area contributed by atoms with Crippen LogP contribution in [0, 0.1) is 5.92 Å². The molecule has 2 unspecified atom stereocenters. The maximum Gasteiger partial charge on any atom is 0.186 e. The highest BCUT2D eigenvalue weighted by Crippen LogP contribution is 2.36. The zero-order chi connectivity index (χ0) is 18.6. The molecule has 2 aliphatic heterocycles. The maximum absolute atomic E-state index is 6.29. The second-order valence-electron chi connectivity index (χ2n) is 7.12. The summed E-state index contributed by atoms with van der Waals surface area (Å²) in [6.07, 6.45) is -0.638. The zero-order valence-electron chi connectivity index (χ0n) is 15.7. The molecule has 2 aliphatic rings. The van der Waals surface area contributed by atoms with E-state index in [1.807, 2.05) is 42.5 Å². The third kappa shape index (κ3) is 4.17. The smallest absolute Gasteiger partial charge is 0.186 e. The number of methoxy groups -OCH3 is 1. The lowest BCUT2D eigenvalue weighted by molar-refractivity contribution is -0.243. The van der Waals surface area contributed by atoms with Crippen molar-refractivity contribution in [2.45, 2.75) is 44.7 Å². The number of benzene rings is 2. The van der Waals surface area contributed by atoms with E-state index in [-0.39, 0.29) is 30.5 Å². The summed E-state index contributed by atoms with van der Waals surface area (Å²) in [4.78, 5) is 0. The van der Waals surface area contributed by atoms with Crippen LogP contribution >= 0.6 is 0 Å². The molecule has 5 atom stereocenters. The summed E-state index contributed by atoms with van der Waals surface area (Å²) in [5.74, 6) is 1.03. The Morgan fingerprint density at radius 1 is 0.889 bits per heavy atom. The minimum Gasteiger partial charge on any atom is -0.497 e. The highest BCUT2D eigenvalue weighted by Gasteiger charge is 2.50. The summed E-state index contributed by atoms with van der Waals surface area (Å²) >= 11 is 0. The first-order valence-electron chi connectivity index (χ1n) is 9.41. The molecule has 2 saturated heterocycles. The fourth-order valence-electron chi connectivity index (χ4n) is 3.66. The van der Waals surface area contributed by atoms with E-state index in [0.717, 1.165) is 16.9 Å². The third-order valence-corrected chi connectivity index (χ3v) is 5.32. The van der Waals surface area contributed by atoms with E-state index in [0.29, 0.717) is 19.8 Å². The summed E-state index contributed by atoms with van der Waals surface area (Å²) in [7, 11) is 1.66. The molecule has 27 heavy (non-hydrogen) atoms. The van der Waals surface area contributed by atoms with Gasteiger partial charge in [-0.1, -0.05) is 49.4 Å². The van der Waals surface area contributed by atoms with Crippen LogP contribution in [0.2, 0.25) is 0 Å². The van der Waals surface area contributed by atoms with E-state index in [1.54, 1.807) is 7.11 Å². The Labute approximate surface area is 160 Å². The lowest BCUT2D eigenvalue weighted by atomic mass is 9.92. The summed E-state index contributed by atoms with van der Waals surface area (Å²) in [5, 5.41) is 0. The average molecular weight is 370 g/mol. The van der Waals surface area contributed by atoms with Crippen LogP contribution in [0.5, 0.6) is 5.75 Å². The minimum absolute atomic E-state index is 0.0663. The van der Waals surface area contributed by atoms with Gasteiger partial charge in [0.2, 0.25) is 0 Å². The molecule has 2 fully saturated rings. The van der Waals surface area contributed by atoms with E-state index in [2.05, 4.69) is 19.1 Å². The number of fused-ring (bicyclic) bond motifs is 2. The highest BCUT2D eigenvalue weighted by atomic mass is 16.7. The van der Waals surface area contributed by atoms with Crippen LogP contribution in [0.1, 0.15) is 18.1 Å². The molecule has 2 heterocycles. The molecule has 2 aromatic rings. The van der Waals surface area contributed by atoms with Crippen molar-refractivity contribution in [1.82, 2.24) is 0 Å². The van der Waals surface area contributed by atoms with Gasteiger partial charge < -0.3 is 23.7 Å². The zero-order valence-corrected chi connectivity index (χ0v) is 15.7. The van der Waals surface area contributed by atoms with E-state index in [9.17, 15) is 0 Å². The third-order valence-electron chi connectivity index (χ3n) is 5.32. The van der Waals surface area contributed by atoms with Crippen molar-refractivity contribution >= 4 is 0 Å². The van der Waals surface area contributed by atoms with Gasteiger partial charge in [-0.05, 0) is 23.3 Å². The topological polar surface area (TPSA) is 46.2 Å². The molecule has 0 amide bonds. The van der Waals surface area contributed by atoms with Gasteiger partial charge in [0.25, 0.3) is 0 Å². The molecule has 144 valence electrons. The van der Waals surface area contributed by atoms with Crippen molar-refractivity contribution in [2.75, 3.05) is 13.7 Å². The fourth-order valence-corrected chi connectivity index (χ4v) is 3.66. The van der Waals surface area contributed by atoms with Gasteiger partial charge in [-0.15, -0.1) is 0 Å². The molecular formula is C22H26O5. The average Bonchev–Trinajstić information content (AvgIpc) is 3.16. The van der Waals surface area contributed by atoms with Crippen molar-refractivity contribution in [1.29, 1.82) is 0 Å². The standard InChI is InChI=1S/C22H26O5/c1-15-19-14-26-22(27-19)21(20(15)24-12-16-6-4-3-5-7-16)25-13-17-8-10-18(23-2)11-9-17/h3-11,15,19-22H,12-14H2,1-2H3/t15-,19?,20-,21?,22-/m1/s1. The fraction of sp³-hybridized carbons (Fsp3) is 0.455. The van der Waals surface area contributed by atoms with Gasteiger partial charge in [-0.2, -0.15) is 0 Å². The van der Waals surface area contributed by atoms with E-state index >= 15 is 0 Å². The van der Waals surface area contributed by atoms with Gasteiger partial charge in [-0.3, -0.25) is 0 Å². The Bertz CT molecular complexity index is 717. The molecule has 0 aliphatic carbocycles. The molecule has 2 bridgehead atoms. The molecule has 0 aromatic heterocycles. The molecule has 0 radical (unpaired) electrons. The molecule has 0 saturated carbocycles. The van der Waals surface area contributed by atoms with Crippen LogP contribution in [-0.2, 0) is 32.2 Å². The molecule has 5 nitrogen and oxygen atoms in total. The first-order valence-corrected chi connectivity index (χ1v) is 9.41. The van der Waals surface area contributed by atoms with Crippen LogP contribution in [0.15, 0.2) is 54.6 Å². The Hall–Kier alpha value is -1.92. The highest BCUT2D eigenvalue weighted by molar-refractivity contribution is 5.26. The molecule has 5 heteroatoms. The second-order valence-corrected chi connectivity index (χ2v) is 7.12. The molecule has 4 rings (SSSR count). The Balaban J connectivity index is 1.43. The normalized spacial score (nSPS) is 29.6.